The maximum absolute atomic E-state index is 12.7. The maximum Gasteiger partial charge on any atom is 0.397 e. The highest BCUT2D eigenvalue weighted by atomic mass is 32.3. The smallest absolute Gasteiger partial charge is 0.374 e. The first-order valence-electron chi connectivity index (χ1n) is 22.3. The number of ether oxygens (including phenoxy) is 8. The maximum atomic E-state index is 12.7. The Morgan fingerprint density at radius 2 is 1.05 bits per heavy atom. The van der Waals surface area contributed by atoms with Crippen molar-refractivity contribution in [1.29, 1.82) is 0 Å². The van der Waals surface area contributed by atoms with Crippen molar-refractivity contribution in [2.45, 2.75) is 107 Å². The molecule has 0 unspecified atom stereocenters. The van der Waals surface area contributed by atoms with E-state index in [-0.39, 0.29) is 44.2 Å². The Kier molecular flexibility index (Phi) is 19.9. The van der Waals surface area contributed by atoms with Crippen molar-refractivity contribution in [3.63, 3.8) is 0 Å². The third kappa shape index (κ3) is 15.2. The lowest BCUT2D eigenvalue weighted by molar-refractivity contribution is -0.334. The molecule has 0 saturated carbocycles. The van der Waals surface area contributed by atoms with Crippen LogP contribution in [0.25, 0.3) is 0 Å². The molecule has 12 nitrogen and oxygen atoms in total. The van der Waals surface area contributed by atoms with Crippen LogP contribution in [0.3, 0.4) is 0 Å². The van der Waals surface area contributed by atoms with Gasteiger partial charge in [-0.1, -0.05) is 166 Å². The highest BCUT2D eigenvalue weighted by molar-refractivity contribution is 8.17. The second-order valence-electron chi connectivity index (χ2n) is 15.8. The van der Waals surface area contributed by atoms with E-state index in [2.05, 4.69) is 13.8 Å². The molecule has 2 saturated heterocycles. The number of rotatable bonds is 26. The van der Waals surface area contributed by atoms with Crippen LogP contribution in [0.15, 0.2) is 152 Å². The molecule has 0 radical (unpaired) electrons. The second-order valence-corrected chi connectivity index (χ2v) is 20.0. The molecule has 0 aliphatic carbocycles. The van der Waals surface area contributed by atoms with E-state index < -0.39 is 65.5 Å². The molecule has 5 aromatic rings. The quantitative estimate of drug-likeness (QED) is 0.0417. The summed E-state index contributed by atoms with van der Waals surface area (Å²) in [6, 6.07) is 48.5. The zero-order valence-corrected chi connectivity index (χ0v) is 39.7. The van der Waals surface area contributed by atoms with Crippen molar-refractivity contribution in [1.82, 2.24) is 0 Å². The molecule has 7 rings (SSSR count). The van der Waals surface area contributed by atoms with E-state index in [4.69, 9.17) is 42.1 Å². The lowest BCUT2D eigenvalue weighted by Gasteiger charge is -2.46. The minimum Gasteiger partial charge on any atom is -0.374 e. The lowest BCUT2D eigenvalue weighted by Crippen LogP contribution is -2.63. The Hall–Kier alpha value is -3.65. The van der Waals surface area contributed by atoms with Gasteiger partial charge in [-0.05, 0) is 39.3 Å². The Balaban J connectivity index is 1.28. The largest absolute Gasteiger partial charge is 0.397 e. The van der Waals surface area contributed by atoms with E-state index in [1.165, 1.54) is 0 Å². The van der Waals surface area contributed by atoms with Crippen molar-refractivity contribution in [3.05, 3.63) is 179 Å². The summed E-state index contributed by atoms with van der Waals surface area (Å²) in [5.74, 6) is 1.69. The average Bonchev–Trinajstić information content (AvgIpc) is 3.73. The molecule has 0 amide bonds. The summed E-state index contributed by atoms with van der Waals surface area (Å²) in [6.45, 7) is 5.24. The van der Waals surface area contributed by atoms with Gasteiger partial charge in [0.05, 0.1) is 50.8 Å². The van der Waals surface area contributed by atoms with Gasteiger partial charge in [-0.25, -0.2) is 4.18 Å². The van der Waals surface area contributed by atoms with Crippen LogP contribution in [-0.4, -0.2) is 97.4 Å². The van der Waals surface area contributed by atoms with Crippen LogP contribution >= 0.6 is 23.5 Å². The van der Waals surface area contributed by atoms with E-state index in [1.807, 2.05) is 152 Å². The molecular weight excluding hydrogens is 901 g/mol. The molecule has 1 N–H and O–H groups in total. The summed E-state index contributed by atoms with van der Waals surface area (Å²) in [5, 5.41) is 0. The first kappa shape index (κ1) is 50.2. The van der Waals surface area contributed by atoms with Gasteiger partial charge in [0.2, 0.25) is 0 Å². The minimum atomic E-state index is -5.07. The molecule has 2 aliphatic rings. The number of thioether (sulfide) groups is 2. The van der Waals surface area contributed by atoms with Gasteiger partial charge in [0.1, 0.15) is 48.8 Å². The van der Waals surface area contributed by atoms with Gasteiger partial charge >= 0.3 is 10.4 Å². The van der Waals surface area contributed by atoms with Crippen LogP contribution in [-0.2, 0) is 85.5 Å². The van der Waals surface area contributed by atoms with Crippen LogP contribution in [0.5, 0.6) is 0 Å². The fourth-order valence-corrected chi connectivity index (χ4v) is 11.2. The van der Waals surface area contributed by atoms with Crippen molar-refractivity contribution >= 4 is 33.9 Å². The predicted octanol–water partition coefficient (Wildman–Crippen LogP) is 9.07. The fraction of sp³-hybridized carbons (Fsp3) is 0.412. The lowest BCUT2D eigenvalue weighted by atomic mass is 9.97. The summed E-state index contributed by atoms with van der Waals surface area (Å²) < 4.78 is 95.4. The van der Waals surface area contributed by atoms with Crippen LogP contribution in [0.4, 0.5) is 0 Å². The first-order valence-corrected chi connectivity index (χ1v) is 25.8. The van der Waals surface area contributed by atoms with Crippen LogP contribution < -0.4 is 0 Å². The van der Waals surface area contributed by atoms with Crippen molar-refractivity contribution in [2.75, 3.05) is 24.7 Å². The standard InChI is InChI=1S/C51H60O12S3/c1-3-64-51(65-4-2)49(59-34-41-28-18-9-19-29-41)46-44(42(36-60-46)56-31-38-22-12-6-13-23-38)62-50-48(58-33-40-26-16-8-17-27-40)47(57-32-39-24-14-7-15-25-39)45(63-66(52,53)54)43(61-50)35-55-30-37-20-10-5-11-21-37/h5-29,42-51H,3-4,30-36H2,1-2H3,(H,52,53,54)/t42-,43-,44+,45+,46+,47+,48-,49-,50+/m1/s1. The Bertz CT molecular complexity index is 2210. The van der Waals surface area contributed by atoms with Crippen LogP contribution in [0.2, 0.25) is 0 Å². The molecule has 2 fully saturated rings. The molecule has 0 spiro atoms. The number of benzene rings is 5. The van der Waals surface area contributed by atoms with Gasteiger partial charge in [-0.3, -0.25) is 4.55 Å². The summed E-state index contributed by atoms with van der Waals surface area (Å²) in [5.41, 5.74) is 4.55. The summed E-state index contributed by atoms with van der Waals surface area (Å²) in [4.78, 5) is 0. The Morgan fingerprint density at radius 3 is 1.53 bits per heavy atom. The Morgan fingerprint density at radius 1 is 0.591 bits per heavy atom. The van der Waals surface area contributed by atoms with Gasteiger partial charge in [0.15, 0.2) is 6.29 Å². The molecule has 2 aliphatic heterocycles. The van der Waals surface area contributed by atoms with Crippen molar-refractivity contribution in [3.8, 4) is 0 Å². The molecule has 5 aromatic carbocycles. The monoisotopic (exact) mass is 960 g/mol. The summed E-state index contributed by atoms with van der Waals surface area (Å²) in [7, 11) is -5.07. The zero-order valence-electron chi connectivity index (χ0n) is 37.2. The molecule has 66 heavy (non-hydrogen) atoms. The molecule has 0 bridgehead atoms. The van der Waals surface area contributed by atoms with Gasteiger partial charge in [-0.15, -0.1) is 23.5 Å². The van der Waals surface area contributed by atoms with E-state index in [0.717, 1.165) is 39.3 Å². The van der Waals surface area contributed by atoms with E-state index in [0.29, 0.717) is 6.61 Å². The number of hydrogen-bond donors (Lipinski definition) is 1. The Labute approximate surface area is 397 Å². The van der Waals surface area contributed by atoms with E-state index >= 15 is 0 Å². The molecule has 354 valence electrons. The molecule has 0 aromatic heterocycles. The van der Waals surface area contributed by atoms with Crippen molar-refractivity contribution in [2.24, 2.45) is 0 Å². The average molecular weight is 961 g/mol. The van der Waals surface area contributed by atoms with Gasteiger partial charge in [0, 0.05) is 0 Å². The molecule has 2 heterocycles. The third-order valence-corrected chi connectivity index (χ3v) is 14.2. The third-order valence-electron chi connectivity index (χ3n) is 11.1. The van der Waals surface area contributed by atoms with Crippen LogP contribution in [0.1, 0.15) is 41.7 Å². The highest BCUT2D eigenvalue weighted by Gasteiger charge is 2.54. The van der Waals surface area contributed by atoms with Gasteiger partial charge in [0.25, 0.3) is 0 Å². The van der Waals surface area contributed by atoms with Gasteiger partial charge < -0.3 is 37.9 Å². The number of hydrogen-bond acceptors (Lipinski definition) is 13. The zero-order chi connectivity index (χ0) is 46.0. The molecular formula is C51H60O12S3. The predicted molar refractivity (Wildman–Crippen MR) is 256 cm³/mol. The SMILES string of the molecule is CCSC(SCC)[C@H](OCc1ccccc1)[C@H]1OC[C@@H](OCc2ccccc2)[C@@H]1O[C@@H]1O[C@H](COCc2ccccc2)[C@H](OS(=O)(=O)O)[C@H](OCc2ccccc2)[C@H]1OCc1ccccc1. The summed E-state index contributed by atoms with van der Waals surface area (Å²) >= 11 is 3.57. The van der Waals surface area contributed by atoms with Crippen LogP contribution in [0, 0.1) is 0 Å². The van der Waals surface area contributed by atoms with Gasteiger partial charge in [-0.2, -0.15) is 8.42 Å². The highest BCUT2D eigenvalue weighted by Crippen LogP contribution is 2.39. The van der Waals surface area contributed by atoms with Crippen molar-refractivity contribution < 1.29 is 55.0 Å². The molecule has 9 atom stereocenters. The minimum absolute atomic E-state index is 0.0429. The second kappa shape index (κ2) is 26.2. The molecule has 15 heteroatoms. The van der Waals surface area contributed by atoms with E-state index in [1.54, 1.807) is 23.5 Å². The first-order chi connectivity index (χ1) is 32.3. The topological polar surface area (TPSA) is 137 Å². The fourth-order valence-electron chi connectivity index (χ4n) is 7.94. The van der Waals surface area contributed by atoms with E-state index in [9.17, 15) is 13.0 Å². The summed E-state index contributed by atoms with van der Waals surface area (Å²) in [6.07, 6.45) is -8.65. The normalized spacial score (nSPS) is 23.8.